The highest BCUT2D eigenvalue weighted by Gasteiger charge is 2.25. The number of carbonyl (C=O) groups excluding carboxylic acids is 1. The number of hydrogen-bond donors (Lipinski definition) is 2. The van der Waals surface area contributed by atoms with E-state index in [2.05, 4.69) is 17.6 Å². The van der Waals surface area contributed by atoms with E-state index < -0.39 is 11.9 Å². The first kappa shape index (κ1) is 18.7. The molecule has 1 aliphatic rings. The first-order valence-corrected chi connectivity index (χ1v) is 7.55. The van der Waals surface area contributed by atoms with Crippen LogP contribution in [0.25, 0.3) is 0 Å². The van der Waals surface area contributed by atoms with Crippen molar-refractivity contribution in [1.29, 1.82) is 0 Å². The number of halogens is 2. The SMILES string of the molecule is CCC(Oc1ccccc1F)C(=O)NC1CCNC(C)C1.Cl. The summed E-state index contributed by atoms with van der Waals surface area (Å²) >= 11 is 0. The van der Waals surface area contributed by atoms with Crippen LogP contribution in [0.15, 0.2) is 24.3 Å². The highest BCUT2D eigenvalue weighted by atomic mass is 35.5. The van der Waals surface area contributed by atoms with Crippen molar-refractivity contribution in [2.75, 3.05) is 6.54 Å². The molecule has 2 N–H and O–H groups in total. The van der Waals surface area contributed by atoms with Crippen LogP contribution in [0.2, 0.25) is 0 Å². The monoisotopic (exact) mass is 330 g/mol. The lowest BCUT2D eigenvalue weighted by atomic mass is 10.0. The molecular formula is C16H24ClFN2O2. The Morgan fingerprint density at radius 2 is 2.23 bits per heavy atom. The molecule has 1 aromatic rings. The van der Waals surface area contributed by atoms with E-state index in [-0.39, 0.29) is 30.1 Å². The summed E-state index contributed by atoms with van der Waals surface area (Å²) in [6.45, 7) is 4.86. The third kappa shape index (κ3) is 5.14. The zero-order chi connectivity index (χ0) is 15.2. The van der Waals surface area contributed by atoms with Crippen LogP contribution in [0.4, 0.5) is 4.39 Å². The summed E-state index contributed by atoms with van der Waals surface area (Å²) in [5, 5.41) is 6.36. The number of piperidine rings is 1. The Morgan fingerprint density at radius 3 is 2.86 bits per heavy atom. The predicted molar refractivity (Wildman–Crippen MR) is 87.0 cm³/mol. The Hall–Kier alpha value is -1.33. The van der Waals surface area contributed by atoms with E-state index in [1.165, 1.54) is 12.1 Å². The van der Waals surface area contributed by atoms with E-state index in [9.17, 15) is 9.18 Å². The van der Waals surface area contributed by atoms with Crippen LogP contribution in [0.1, 0.15) is 33.1 Å². The van der Waals surface area contributed by atoms with Crippen LogP contribution < -0.4 is 15.4 Å². The molecule has 2 rings (SSSR count). The largest absolute Gasteiger partial charge is 0.478 e. The maximum absolute atomic E-state index is 13.6. The van der Waals surface area contributed by atoms with Crippen LogP contribution in [0.3, 0.4) is 0 Å². The fourth-order valence-electron chi connectivity index (χ4n) is 2.57. The summed E-state index contributed by atoms with van der Waals surface area (Å²) in [6.07, 6.45) is 1.65. The van der Waals surface area contributed by atoms with Gasteiger partial charge in [0.15, 0.2) is 17.7 Å². The van der Waals surface area contributed by atoms with Gasteiger partial charge in [-0.2, -0.15) is 0 Å². The Labute approximate surface area is 137 Å². The first-order chi connectivity index (χ1) is 10.1. The lowest BCUT2D eigenvalue weighted by Crippen LogP contribution is -2.50. The lowest BCUT2D eigenvalue weighted by molar-refractivity contribution is -0.129. The van der Waals surface area contributed by atoms with E-state index >= 15 is 0 Å². The second-order valence-electron chi connectivity index (χ2n) is 5.53. The summed E-state index contributed by atoms with van der Waals surface area (Å²) in [5.41, 5.74) is 0. The number of para-hydroxylation sites is 1. The Morgan fingerprint density at radius 1 is 1.50 bits per heavy atom. The maximum Gasteiger partial charge on any atom is 0.261 e. The van der Waals surface area contributed by atoms with Crippen molar-refractivity contribution in [3.63, 3.8) is 0 Å². The van der Waals surface area contributed by atoms with Crippen LogP contribution >= 0.6 is 12.4 Å². The van der Waals surface area contributed by atoms with Crippen LogP contribution in [0, 0.1) is 5.82 Å². The first-order valence-electron chi connectivity index (χ1n) is 7.55. The van der Waals surface area contributed by atoms with Gasteiger partial charge >= 0.3 is 0 Å². The third-order valence-electron chi connectivity index (χ3n) is 3.74. The number of hydrogen-bond acceptors (Lipinski definition) is 3. The van der Waals surface area contributed by atoms with E-state index in [1.807, 2.05) is 6.92 Å². The van der Waals surface area contributed by atoms with Gasteiger partial charge in [-0.25, -0.2) is 4.39 Å². The summed E-state index contributed by atoms with van der Waals surface area (Å²) in [4.78, 5) is 12.3. The molecule has 3 unspecified atom stereocenters. The fraction of sp³-hybridized carbons (Fsp3) is 0.562. The summed E-state index contributed by atoms with van der Waals surface area (Å²) in [7, 11) is 0. The molecule has 1 saturated heterocycles. The van der Waals surface area contributed by atoms with Crippen molar-refractivity contribution in [1.82, 2.24) is 10.6 Å². The third-order valence-corrected chi connectivity index (χ3v) is 3.74. The molecule has 0 aromatic heterocycles. The van der Waals surface area contributed by atoms with Crippen LogP contribution in [0.5, 0.6) is 5.75 Å². The zero-order valence-electron chi connectivity index (χ0n) is 13.0. The van der Waals surface area contributed by atoms with E-state index in [4.69, 9.17) is 4.74 Å². The molecule has 1 aliphatic heterocycles. The number of rotatable bonds is 5. The van der Waals surface area contributed by atoms with E-state index in [0.717, 1.165) is 19.4 Å². The minimum absolute atomic E-state index is 0. The molecule has 0 spiro atoms. The minimum Gasteiger partial charge on any atom is -0.478 e. The molecule has 1 aromatic carbocycles. The summed E-state index contributed by atoms with van der Waals surface area (Å²) in [6, 6.07) is 6.72. The van der Waals surface area contributed by atoms with Gasteiger partial charge in [-0.3, -0.25) is 4.79 Å². The molecule has 1 amide bonds. The Balaban J connectivity index is 0.00000242. The van der Waals surface area contributed by atoms with Gasteiger partial charge in [0.25, 0.3) is 5.91 Å². The molecular weight excluding hydrogens is 307 g/mol. The molecule has 0 radical (unpaired) electrons. The van der Waals surface area contributed by atoms with Gasteiger partial charge in [0.2, 0.25) is 0 Å². The highest BCUT2D eigenvalue weighted by Crippen LogP contribution is 2.18. The van der Waals surface area contributed by atoms with Gasteiger partial charge < -0.3 is 15.4 Å². The molecule has 22 heavy (non-hydrogen) atoms. The molecule has 124 valence electrons. The average Bonchev–Trinajstić information content (AvgIpc) is 2.46. The van der Waals surface area contributed by atoms with E-state index in [0.29, 0.717) is 12.5 Å². The van der Waals surface area contributed by atoms with Crippen molar-refractivity contribution in [2.24, 2.45) is 0 Å². The Bertz CT molecular complexity index is 487. The maximum atomic E-state index is 13.6. The van der Waals surface area contributed by atoms with Crippen molar-refractivity contribution in [3.05, 3.63) is 30.1 Å². The van der Waals surface area contributed by atoms with E-state index in [1.54, 1.807) is 12.1 Å². The van der Waals surface area contributed by atoms with Crippen molar-refractivity contribution in [2.45, 2.75) is 51.3 Å². The normalized spacial score (nSPS) is 22.3. The molecule has 0 bridgehead atoms. The van der Waals surface area contributed by atoms with Crippen molar-refractivity contribution >= 4 is 18.3 Å². The van der Waals surface area contributed by atoms with Gasteiger partial charge in [-0.15, -0.1) is 12.4 Å². The quantitative estimate of drug-likeness (QED) is 0.872. The number of carbonyl (C=O) groups is 1. The smallest absolute Gasteiger partial charge is 0.261 e. The van der Waals surface area contributed by atoms with Crippen LogP contribution in [-0.4, -0.2) is 30.6 Å². The van der Waals surface area contributed by atoms with Crippen molar-refractivity contribution < 1.29 is 13.9 Å². The Kier molecular flexibility index (Phi) is 7.62. The topological polar surface area (TPSA) is 50.4 Å². The predicted octanol–water partition coefficient (Wildman–Crippen LogP) is 2.66. The minimum atomic E-state index is -0.660. The number of nitrogens with one attached hydrogen (secondary N) is 2. The molecule has 6 heteroatoms. The lowest BCUT2D eigenvalue weighted by Gasteiger charge is -2.30. The van der Waals surface area contributed by atoms with Gasteiger partial charge in [-0.05, 0) is 44.9 Å². The fourth-order valence-corrected chi connectivity index (χ4v) is 2.57. The summed E-state index contributed by atoms with van der Waals surface area (Å²) < 4.78 is 19.1. The van der Waals surface area contributed by atoms with Crippen LogP contribution in [-0.2, 0) is 4.79 Å². The number of amides is 1. The molecule has 0 saturated carbocycles. The summed E-state index contributed by atoms with van der Waals surface area (Å²) in [5.74, 6) is -0.489. The molecule has 1 fully saturated rings. The molecule has 3 atom stereocenters. The van der Waals surface area contributed by atoms with Gasteiger partial charge in [-0.1, -0.05) is 19.1 Å². The zero-order valence-corrected chi connectivity index (χ0v) is 13.8. The highest BCUT2D eigenvalue weighted by molar-refractivity contribution is 5.85. The average molecular weight is 331 g/mol. The molecule has 4 nitrogen and oxygen atoms in total. The molecule has 0 aliphatic carbocycles. The second-order valence-corrected chi connectivity index (χ2v) is 5.53. The van der Waals surface area contributed by atoms with Gasteiger partial charge in [0.1, 0.15) is 0 Å². The molecule has 1 heterocycles. The van der Waals surface area contributed by atoms with Gasteiger partial charge in [0, 0.05) is 12.1 Å². The van der Waals surface area contributed by atoms with Crippen molar-refractivity contribution in [3.8, 4) is 5.75 Å². The second kappa shape index (κ2) is 8.96. The standard InChI is InChI=1S/C16H23FN2O2.ClH/c1-3-14(21-15-7-5-4-6-13(15)17)16(20)19-12-8-9-18-11(2)10-12;/h4-7,11-12,14,18H,3,8-10H2,1-2H3,(H,19,20);1H. The number of ether oxygens (including phenoxy) is 1. The van der Waals surface area contributed by atoms with Gasteiger partial charge in [0.05, 0.1) is 0 Å². The number of benzene rings is 1.